The molecule has 2 aromatic rings. The van der Waals surface area contributed by atoms with Crippen LogP contribution in [0.4, 0.5) is 0 Å². The molecule has 3 heterocycles. The Balaban J connectivity index is 1.57. The molecule has 0 aromatic carbocycles. The van der Waals surface area contributed by atoms with Crippen LogP contribution in [0.15, 0.2) is 23.0 Å². The van der Waals surface area contributed by atoms with Crippen molar-refractivity contribution in [3.8, 4) is 0 Å². The van der Waals surface area contributed by atoms with E-state index in [2.05, 4.69) is 28.3 Å². The minimum Gasteiger partial charge on any atom is -0.361 e. The zero-order valence-electron chi connectivity index (χ0n) is 13.7. The van der Waals surface area contributed by atoms with Crippen molar-refractivity contribution in [2.75, 3.05) is 26.2 Å². The van der Waals surface area contributed by atoms with Crippen LogP contribution in [-0.4, -0.2) is 56.8 Å². The van der Waals surface area contributed by atoms with Gasteiger partial charge >= 0.3 is 0 Å². The van der Waals surface area contributed by atoms with Gasteiger partial charge < -0.3 is 9.42 Å². The monoisotopic (exact) mass is 317 g/mol. The second-order valence-electron chi connectivity index (χ2n) is 5.95. The van der Waals surface area contributed by atoms with E-state index in [0.29, 0.717) is 18.0 Å². The molecule has 1 fully saturated rings. The fourth-order valence-corrected chi connectivity index (χ4v) is 2.88. The zero-order valence-corrected chi connectivity index (χ0v) is 13.7. The maximum atomic E-state index is 12.4. The Hall–Kier alpha value is -2.15. The standard InChI is InChI=1S/C16H23N5O2/c1-3-21-12-14(10-17-21)11-19-5-4-6-20(8-7-19)16(22)15-9-13(2)23-18-15/h9-10,12H,3-8,11H2,1-2H3. The van der Waals surface area contributed by atoms with Gasteiger partial charge in [0.1, 0.15) is 5.76 Å². The molecule has 0 aliphatic carbocycles. The molecule has 0 atom stereocenters. The second-order valence-corrected chi connectivity index (χ2v) is 5.95. The van der Waals surface area contributed by atoms with Gasteiger partial charge in [0, 0.05) is 57.1 Å². The van der Waals surface area contributed by atoms with Gasteiger partial charge in [-0.1, -0.05) is 5.16 Å². The van der Waals surface area contributed by atoms with Crippen LogP contribution in [0.3, 0.4) is 0 Å². The van der Waals surface area contributed by atoms with Crippen LogP contribution in [0.25, 0.3) is 0 Å². The average molecular weight is 317 g/mol. The molecule has 0 radical (unpaired) electrons. The summed E-state index contributed by atoms with van der Waals surface area (Å²) in [4.78, 5) is 16.7. The molecule has 1 amide bonds. The number of aryl methyl sites for hydroxylation is 2. The average Bonchev–Trinajstić information content (AvgIpc) is 3.11. The summed E-state index contributed by atoms with van der Waals surface area (Å²) in [6.07, 6.45) is 4.98. The Morgan fingerprint density at radius 1 is 1.30 bits per heavy atom. The van der Waals surface area contributed by atoms with E-state index in [1.807, 2.05) is 15.8 Å². The lowest BCUT2D eigenvalue weighted by atomic mass is 10.3. The first-order valence-electron chi connectivity index (χ1n) is 8.12. The minimum absolute atomic E-state index is 0.0393. The highest BCUT2D eigenvalue weighted by atomic mass is 16.5. The molecule has 1 saturated heterocycles. The number of carbonyl (C=O) groups excluding carboxylic acids is 1. The fourth-order valence-electron chi connectivity index (χ4n) is 2.88. The van der Waals surface area contributed by atoms with Gasteiger partial charge in [-0.3, -0.25) is 14.4 Å². The molecule has 23 heavy (non-hydrogen) atoms. The van der Waals surface area contributed by atoms with E-state index in [-0.39, 0.29) is 5.91 Å². The third-order valence-electron chi connectivity index (χ3n) is 4.14. The first-order valence-corrected chi connectivity index (χ1v) is 8.12. The fraction of sp³-hybridized carbons (Fsp3) is 0.562. The third-order valence-corrected chi connectivity index (χ3v) is 4.14. The van der Waals surface area contributed by atoms with Crippen LogP contribution in [0.5, 0.6) is 0 Å². The van der Waals surface area contributed by atoms with Crippen molar-refractivity contribution < 1.29 is 9.32 Å². The van der Waals surface area contributed by atoms with Crippen molar-refractivity contribution in [2.24, 2.45) is 0 Å². The van der Waals surface area contributed by atoms with E-state index in [4.69, 9.17) is 4.52 Å². The first-order chi connectivity index (χ1) is 11.2. The molecule has 7 heteroatoms. The molecule has 0 bridgehead atoms. The number of rotatable bonds is 4. The van der Waals surface area contributed by atoms with E-state index in [9.17, 15) is 4.79 Å². The molecule has 0 N–H and O–H groups in total. The molecule has 7 nitrogen and oxygen atoms in total. The summed E-state index contributed by atoms with van der Waals surface area (Å²) in [7, 11) is 0. The summed E-state index contributed by atoms with van der Waals surface area (Å²) in [5.74, 6) is 0.625. The maximum Gasteiger partial charge on any atom is 0.276 e. The summed E-state index contributed by atoms with van der Waals surface area (Å²) in [5, 5.41) is 8.15. The van der Waals surface area contributed by atoms with E-state index >= 15 is 0 Å². The number of nitrogens with zero attached hydrogens (tertiary/aromatic N) is 5. The number of hydrogen-bond acceptors (Lipinski definition) is 5. The topological polar surface area (TPSA) is 67.4 Å². The van der Waals surface area contributed by atoms with Gasteiger partial charge in [0.2, 0.25) is 0 Å². The summed E-state index contributed by atoms with van der Waals surface area (Å²) < 4.78 is 6.94. The molecular weight excluding hydrogens is 294 g/mol. The van der Waals surface area contributed by atoms with E-state index < -0.39 is 0 Å². The SMILES string of the molecule is CCn1cc(CN2CCCN(C(=O)c3cc(C)on3)CC2)cn1. The van der Waals surface area contributed by atoms with Crippen LogP contribution in [0.2, 0.25) is 0 Å². The zero-order chi connectivity index (χ0) is 16.2. The van der Waals surface area contributed by atoms with E-state index in [1.165, 1.54) is 5.56 Å². The summed E-state index contributed by atoms with van der Waals surface area (Å²) in [6.45, 7) is 8.97. The molecule has 1 aliphatic heterocycles. The maximum absolute atomic E-state index is 12.4. The van der Waals surface area contributed by atoms with Crippen molar-refractivity contribution in [2.45, 2.75) is 33.4 Å². The smallest absolute Gasteiger partial charge is 0.276 e. The Morgan fingerprint density at radius 3 is 2.87 bits per heavy atom. The van der Waals surface area contributed by atoms with Crippen molar-refractivity contribution >= 4 is 5.91 Å². The van der Waals surface area contributed by atoms with Crippen LogP contribution in [0.1, 0.15) is 35.2 Å². The lowest BCUT2D eigenvalue weighted by molar-refractivity contribution is 0.0750. The van der Waals surface area contributed by atoms with E-state index in [0.717, 1.165) is 39.1 Å². The molecule has 124 valence electrons. The number of amides is 1. The predicted molar refractivity (Wildman–Crippen MR) is 84.9 cm³/mol. The van der Waals surface area contributed by atoms with Gasteiger partial charge in [0.15, 0.2) is 5.69 Å². The Labute approximate surface area is 135 Å². The molecule has 2 aromatic heterocycles. The summed E-state index contributed by atoms with van der Waals surface area (Å²) in [6, 6.07) is 1.70. The van der Waals surface area contributed by atoms with E-state index in [1.54, 1.807) is 13.0 Å². The van der Waals surface area contributed by atoms with Gasteiger partial charge in [0.25, 0.3) is 5.91 Å². The van der Waals surface area contributed by atoms with Gasteiger partial charge in [-0.05, 0) is 20.3 Å². The molecule has 0 unspecified atom stereocenters. The molecule has 0 spiro atoms. The van der Waals surface area contributed by atoms with Crippen LogP contribution < -0.4 is 0 Å². The first kappa shape index (κ1) is 15.7. The number of carbonyl (C=O) groups is 1. The Kier molecular flexibility index (Phi) is 4.76. The van der Waals surface area contributed by atoms with Crippen molar-refractivity contribution in [3.63, 3.8) is 0 Å². The normalized spacial score (nSPS) is 16.5. The second kappa shape index (κ2) is 6.95. The molecule has 0 saturated carbocycles. The van der Waals surface area contributed by atoms with Gasteiger partial charge in [-0.15, -0.1) is 0 Å². The molecule has 1 aliphatic rings. The van der Waals surface area contributed by atoms with Crippen LogP contribution in [-0.2, 0) is 13.1 Å². The van der Waals surface area contributed by atoms with Gasteiger partial charge in [-0.2, -0.15) is 5.10 Å². The number of aromatic nitrogens is 3. The minimum atomic E-state index is -0.0393. The van der Waals surface area contributed by atoms with Crippen LogP contribution in [0, 0.1) is 6.92 Å². The largest absolute Gasteiger partial charge is 0.361 e. The van der Waals surface area contributed by atoms with Crippen molar-refractivity contribution in [1.29, 1.82) is 0 Å². The highest BCUT2D eigenvalue weighted by Crippen LogP contribution is 2.12. The predicted octanol–water partition coefficient (Wildman–Crippen LogP) is 1.55. The lowest BCUT2D eigenvalue weighted by Crippen LogP contribution is -2.35. The summed E-state index contributed by atoms with van der Waals surface area (Å²) >= 11 is 0. The van der Waals surface area contributed by atoms with Crippen molar-refractivity contribution in [3.05, 3.63) is 35.5 Å². The quantitative estimate of drug-likeness (QED) is 0.856. The summed E-state index contributed by atoms with van der Waals surface area (Å²) in [5.41, 5.74) is 1.62. The number of hydrogen-bond donors (Lipinski definition) is 0. The molecule has 3 rings (SSSR count). The highest BCUT2D eigenvalue weighted by molar-refractivity contribution is 5.92. The Bertz CT molecular complexity index is 663. The molecular formula is C16H23N5O2. The third kappa shape index (κ3) is 3.79. The van der Waals surface area contributed by atoms with Gasteiger partial charge in [-0.25, -0.2) is 0 Å². The van der Waals surface area contributed by atoms with Crippen molar-refractivity contribution in [1.82, 2.24) is 24.7 Å². The van der Waals surface area contributed by atoms with Crippen LogP contribution >= 0.6 is 0 Å². The Morgan fingerprint density at radius 2 is 2.17 bits per heavy atom. The highest BCUT2D eigenvalue weighted by Gasteiger charge is 2.22. The van der Waals surface area contributed by atoms with Gasteiger partial charge in [0.05, 0.1) is 6.20 Å². The lowest BCUT2D eigenvalue weighted by Gasteiger charge is -2.20.